The lowest BCUT2D eigenvalue weighted by Crippen LogP contribution is -1.94. The van der Waals surface area contributed by atoms with Crippen molar-refractivity contribution in [1.82, 2.24) is 20.2 Å². The fourth-order valence-electron chi connectivity index (χ4n) is 1.91. The van der Waals surface area contributed by atoms with Crippen molar-refractivity contribution >= 4 is 22.6 Å². The highest BCUT2D eigenvalue weighted by Crippen LogP contribution is 2.26. The van der Waals surface area contributed by atoms with E-state index in [2.05, 4.69) is 20.2 Å². The molecular formula is C13H11ClN4. The third-order valence-electron chi connectivity index (χ3n) is 2.82. The number of hydrogen-bond acceptors (Lipinski definition) is 3. The van der Waals surface area contributed by atoms with Crippen LogP contribution in [0.2, 0.25) is 5.02 Å². The number of H-pyrrole nitrogens is 1. The van der Waals surface area contributed by atoms with Crippen molar-refractivity contribution < 1.29 is 0 Å². The molecule has 4 nitrogen and oxygen atoms in total. The summed E-state index contributed by atoms with van der Waals surface area (Å²) in [7, 11) is 0. The molecule has 0 radical (unpaired) electrons. The summed E-state index contributed by atoms with van der Waals surface area (Å²) in [6.07, 6.45) is 0. The van der Waals surface area contributed by atoms with E-state index in [9.17, 15) is 0 Å². The van der Waals surface area contributed by atoms with Crippen LogP contribution in [0, 0.1) is 13.8 Å². The van der Waals surface area contributed by atoms with Crippen molar-refractivity contribution in [3.8, 4) is 11.4 Å². The number of nitrogens with one attached hydrogen (secondary N) is 1. The Balaban J connectivity index is 2.26. The van der Waals surface area contributed by atoms with Gasteiger partial charge >= 0.3 is 0 Å². The fraction of sp³-hybridized carbons (Fsp3) is 0.154. The molecule has 0 amide bonds. The van der Waals surface area contributed by atoms with Gasteiger partial charge in [0.1, 0.15) is 11.3 Å². The summed E-state index contributed by atoms with van der Waals surface area (Å²) in [5.41, 5.74) is 4.36. The molecule has 0 spiro atoms. The zero-order valence-electron chi connectivity index (χ0n) is 10.0. The van der Waals surface area contributed by atoms with Gasteiger partial charge in [0.25, 0.3) is 0 Å². The maximum atomic E-state index is 6.12. The van der Waals surface area contributed by atoms with Gasteiger partial charge in [0.05, 0.1) is 21.9 Å². The van der Waals surface area contributed by atoms with E-state index >= 15 is 0 Å². The summed E-state index contributed by atoms with van der Waals surface area (Å²) >= 11 is 6.12. The summed E-state index contributed by atoms with van der Waals surface area (Å²) in [6.45, 7) is 3.82. The van der Waals surface area contributed by atoms with E-state index in [0.717, 1.165) is 33.8 Å². The molecule has 0 unspecified atom stereocenters. The molecule has 0 saturated carbocycles. The van der Waals surface area contributed by atoms with Gasteiger partial charge in [-0.3, -0.25) is 0 Å². The van der Waals surface area contributed by atoms with Gasteiger partial charge in [-0.15, -0.1) is 0 Å². The van der Waals surface area contributed by atoms with Gasteiger partial charge in [-0.1, -0.05) is 17.7 Å². The van der Waals surface area contributed by atoms with Crippen LogP contribution in [-0.2, 0) is 0 Å². The van der Waals surface area contributed by atoms with Gasteiger partial charge in [-0.2, -0.15) is 10.2 Å². The summed E-state index contributed by atoms with van der Waals surface area (Å²) in [5.74, 6) is 0.772. The van der Waals surface area contributed by atoms with Gasteiger partial charge < -0.3 is 4.98 Å². The summed E-state index contributed by atoms with van der Waals surface area (Å²) in [6, 6.07) is 7.65. The predicted octanol–water partition coefficient (Wildman–Crippen LogP) is 3.29. The van der Waals surface area contributed by atoms with Crippen molar-refractivity contribution in [3.05, 3.63) is 40.7 Å². The zero-order chi connectivity index (χ0) is 12.7. The van der Waals surface area contributed by atoms with Crippen LogP contribution in [0.5, 0.6) is 0 Å². The van der Waals surface area contributed by atoms with E-state index < -0.39 is 0 Å². The van der Waals surface area contributed by atoms with E-state index in [1.54, 1.807) is 0 Å². The molecule has 0 fully saturated rings. The van der Waals surface area contributed by atoms with Crippen LogP contribution in [0.1, 0.15) is 11.4 Å². The van der Waals surface area contributed by atoms with Crippen LogP contribution >= 0.6 is 11.6 Å². The van der Waals surface area contributed by atoms with Crippen molar-refractivity contribution in [3.63, 3.8) is 0 Å². The number of para-hydroxylation sites is 1. The largest absolute Gasteiger partial charge is 0.338 e. The number of benzene rings is 1. The van der Waals surface area contributed by atoms with Crippen LogP contribution in [-0.4, -0.2) is 20.2 Å². The number of imidazole rings is 1. The summed E-state index contributed by atoms with van der Waals surface area (Å²) < 4.78 is 0. The molecule has 3 aromatic rings. The normalized spacial score (nSPS) is 11.1. The molecule has 0 bridgehead atoms. The Hall–Kier alpha value is -1.94. The minimum atomic E-state index is 0.645. The zero-order valence-corrected chi connectivity index (χ0v) is 10.8. The molecule has 0 aliphatic rings. The van der Waals surface area contributed by atoms with Crippen molar-refractivity contribution in [2.24, 2.45) is 0 Å². The molecule has 18 heavy (non-hydrogen) atoms. The lowest BCUT2D eigenvalue weighted by Gasteiger charge is -2.01. The van der Waals surface area contributed by atoms with Gasteiger partial charge in [-0.25, -0.2) is 4.98 Å². The van der Waals surface area contributed by atoms with Crippen molar-refractivity contribution in [2.75, 3.05) is 0 Å². The maximum Gasteiger partial charge on any atom is 0.140 e. The Kier molecular flexibility index (Phi) is 2.52. The molecule has 0 saturated heterocycles. The van der Waals surface area contributed by atoms with E-state index in [1.807, 2.05) is 38.1 Å². The van der Waals surface area contributed by atoms with Crippen molar-refractivity contribution in [1.29, 1.82) is 0 Å². The van der Waals surface area contributed by atoms with Crippen LogP contribution in [0.15, 0.2) is 24.3 Å². The summed E-state index contributed by atoms with van der Waals surface area (Å²) in [5, 5.41) is 8.77. The molecule has 1 aromatic carbocycles. The van der Waals surface area contributed by atoms with Crippen molar-refractivity contribution in [2.45, 2.75) is 13.8 Å². The first-order chi connectivity index (χ1) is 8.65. The number of halogens is 1. The monoisotopic (exact) mass is 258 g/mol. The van der Waals surface area contributed by atoms with Gasteiger partial charge in [0, 0.05) is 5.56 Å². The number of fused-ring (bicyclic) bond motifs is 1. The lowest BCUT2D eigenvalue weighted by molar-refractivity contribution is 0.940. The number of hydrogen-bond donors (Lipinski definition) is 1. The average molecular weight is 259 g/mol. The minimum Gasteiger partial charge on any atom is -0.338 e. The molecule has 90 valence electrons. The molecule has 0 atom stereocenters. The fourth-order valence-corrected chi connectivity index (χ4v) is 2.13. The molecule has 3 rings (SSSR count). The molecule has 2 heterocycles. The Morgan fingerprint density at radius 2 is 2.00 bits per heavy atom. The molecule has 0 aliphatic carbocycles. The van der Waals surface area contributed by atoms with Crippen LogP contribution in [0.25, 0.3) is 22.4 Å². The highest BCUT2D eigenvalue weighted by atomic mass is 35.5. The number of aromatic amines is 1. The van der Waals surface area contributed by atoms with Gasteiger partial charge in [0.15, 0.2) is 0 Å². The van der Waals surface area contributed by atoms with Gasteiger partial charge in [-0.05, 0) is 32.0 Å². The minimum absolute atomic E-state index is 0.645. The maximum absolute atomic E-state index is 6.12. The lowest BCUT2D eigenvalue weighted by atomic mass is 10.2. The second kappa shape index (κ2) is 4.07. The Labute approximate surface area is 109 Å². The smallest absolute Gasteiger partial charge is 0.140 e. The third-order valence-corrected chi connectivity index (χ3v) is 3.12. The number of nitrogens with zero attached hydrogens (tertiary/aromatic N) is 3. The first kappa shape index (κ1) is 11.2. The Morgan fingerprint density at radius 3 is 2.78 bits per heavy atom. The first-order valence-electron chi connectivity index (χ1n) is 5.60. The molecular weight excluding hydrogens is 248 g/mol. The van der Waals surface area contributed by atoms with E-state index in [0.29, 0.717) is 5.02 Å². The van der Waals surface area contributed by atoms with Crippen LogP contribution < -0.4 is 0 Å². The van der Waals surface area contributed by atoms with E-state index in [-0.39, 0.29) is 0 Å². The molecule has 2 aromatic heterocycles. The summed E-state index contributed by atoms with van der Waals surface area (Å²) in [4.78, 5) is 7.79. The standard InChI is InChI=1S/C13H11ClN4/c1-7-6-9(8(2)18-17-7)13-15-11-5-3-4-10(14)12(11)16-13/h3-6H,1-2H3,(H,15,16). The molecule has 5 heteroatoms. The average Bonchev–Trinajstić information content (AvgIpc) is 2.77. The van der Waals surface area contributed by atoms with Gasteiger partial charge in [0.2, 0.25) is 0 Å². The number of rotatable bonds is 1. The molecule has 1 N–H and O–H groups in total. The third kappa shape index (κ3) is 1.75. The first-order valence-corrected chi connectivity index (χ1v) is 5.98. The van der Waals surface area contributed by atoms with Crippen LogP contribution in [0.4, 0.5) is 0 Å². The SMILES string of the molecule is Cc1cc(-c2nc3c(Cl)cccc3[nH]2)c(C)nn1. The number of aromatic nitrogens is 4. The second-order valence-corrected chi connectivity index (χ2v) is 4.61. The highest BCUT2D eigenvalue weighted by molar-refractivity contribution is 6.34. The highest BCUT2D eigenvalue weighted by Gasteiger charge is 2.11. The second-order valence-electron chi connectivity index (χ2n) is 4.21. The van der Waals surface area contributed by atoms with E-state index in [1.165, 1.54) is 0 Å². The van der Waals surface area contributed by atoms with Crippen LogP contribution in [0.3, 0.4) is 0 Å². The Morgan fingerprint density at radius 1 is 1.17 bits per heavy atom. The van der Waals surface area contributed by atoms with E-state index in [4.69, 9.17) is 11.6 Å². The predicted molar refractivity (Wildman–Crippen MR) is 71.6 cm³/mol. The number of aryl methyl sites for hydroxylation is 2. The quantitative estimate of drug-likeness (QED) is 0.729. The Bertz CT molecular complexity index is 733. The topological polar surface area (TPSA) is 54.5 Å². The molecule has 0 aliphatic heterocycles.